The Bertz CT molecular complexity index is 1070. The summed E-state index contributed by atoms with van der Waals surface area (Å²) in [7, 11) is 9.62. The minimum Gasteiger partial charge on any atom is -0.390 e. The molecule has 3 aliphatic heterocycles. The van der Waals surface area contributed by atoms with Crippen molar-refractivity contribution < 1.29 is 0 Å². The van der Waals surface area contributed by atoms with Gasteiger partial charge in [0, 0.05) is 61.4 Å². The molecule has 0 spiro atoms. The van der Waals surface area contributed by atoms with Crippen molar-refractivity contribution in [3.05, 3.63) is 24.5 Å². The molecule has 0 bridgehead atoms. The Balaban J connectivity index is -0.000000314. The Morgan fingerprint density at radius 2 is 0.919 bits per heavy atom. The van der Waals surface area contributed by atoms with Gasteiger partial charge in [-0.1, -0.05) is 69.2 Å². The molecular formula is C45H119N9Si8. The molecule has 0 radical (unpaired) electrons. The molecule has 1 aromatic rings. The minimum atomic E-state index is 0.338. The summed E-state index contributed by atoms with van der Waals surface area (Å²) in [5.41, 5.74) is 1.61. The summed E-state index contributed by atoms with van der Waals surface area (Å²) in [5, 5.41) is 3.30. The van der Waals surface area contributed by atoms with Crippen LogP contribution in [0.4, 0.5) is 0 Å². The van der Waals surface area contributed by atoms with Crippen molar-refractivity contribution in [2.75, 3.05) is 52.4 Å². The van der Waals surface area contributed by atoms with Crippen LogP contribution in [0.25, 0.3) is 0 Å². The average molecular weight is 1010 g/mol. The number of hydrogen-bond acceptors (Lipinski definition) is 8. The maximum absolute atomic E-state index is 3.30. The van der Waals surface area contributed by atoms with Crippen molar-refractivity contribution in [1.82, 2.24) is 41.5 Å². The zero-order chi connectivity index (χ0) is 49.7. The fourth-order valence-corrected chi connectivity index (χ4v) is 8.41. The van der Waals surface area contributed by atoms with E-state index >= 15 is 0 Å². The first-order valence-electron chi connectivity index (χ1n) is 24.9. The van der Waals surface area contributed by atoms with Gasteiger partial charge in [-0.15, -0.1) is 0 Å². The van der Waals surface area contributed by atoms with Gasteiger partial charge < -0.3 is 41.5 Å². The van der Waals surface area contributed by atoms with Crippen LogP contribution in [-0.4, -0.2) is 218 Å². The van der Waals surface area contributed by atoms with E-state index in [1.54, 1.807) is 0 Å². The molecule has 1 N–H and O–H groups in total. The lowest BCUT2D eigenvalue weighted by Crippen LogP contribution is -2.57. The van der Waals surface area contributed by atoms with Crippen molar-refractivity contribution in [2.24, 2.45) is 0 Å². The van der Waals surface area contributed by atoms with E-state index in [9.17, 15) is 0 Å². The molecular weight excluding hydrogens is 891 g/mol. The van der Waals surface area contributed by atoms with Crippen LogP contribution in [0.3, 0.4) is 0 Å². The Kier molecular flexibility index (Phi) is 41.0. The lowest BCUT2D eigenvalue weighted by molar-refractivity contribution is 0.0577. The van der Waals surface area contributed by atoms with E-state index in [1.165, 1.54) is 147 Å². The van der Waals surface area contributed by atoms with Crippen LogP contribution in [0, 0.1) is 0 Å². The number of piperidine rings is 1. The number of aromatic nitrogens is 1. The second-order valence-corrected chi connectivity index (χ2v) is 30.8. The zero-order valence-electron chi connectivity index (χ0n) is 47.9. The summed E-state index contributed by atoms with van der Waals surface area (Å²) >= 11 is 0. The van der Waals surface area contributed by atoms with Crippen LogP contribution in [0.1, 0.15) is 171 Å². The van der Waals surface area contributed by atoms with Gasteiger partial charge in [-0.05, 0) is 163 Å². The molecule has 2 atom stereocenters. The van der Waals surface area contributed by atoms with Crippen LogP contribution < -0.4 is 5.32 Å². The lowest BCUT2D eigenvalue weighted by Gasteiger charge is -2.51. The molecule has 4 heterocycles. The zero-order valence-corrected chi connectivity index (χ0v) is 63.9. The fourth-order valence-electron chi connectivity index (χ4n) is 6.24. The largest absolute Gasteiger partial charge is 0.390 e. The third-order valence-corrected chi connectivity index (χ3v) is 26.0. The molecule has 2 unspecified atom stereocenters. The molecule has 62 heavy (non-hydrogen) atoms. The first-order chi connectivity index (χ1) is 28.2. The lowest BCUT2D eigenvalue weighted by atomic mass is 9.83. The van der Waals surface area contributed by atoms with Crippen molar-refractivity contribution >= 4 is 83.2 Å². The molecule has 9 nitrogen and oxygen atoms in total. The van der Waals surface area contributed by atoms with Crippen molar-refractivity contribution in [3.8, 4) is 0 Å². The normalized spacial score (nSPS) is 18.8. The van der Waals surface area contributed by atoms with Crippen LogP contribution in [0.2, 0.25) is 0 Å². The van der Waals surface area contributed by atoms with Crippen molar-refractivity contribution in [3.63, 3.8) is 0 Å². The summed E-state index contributed by atoms with van der Waals surface area (Å²) in [4.78, 5) is 0. The molecule has 0 aliphatic carbocycles. The average Bonchev–Trinajstić information content (AvgIpc) is 3.83. The molecule has 0 amide bonds. The maximum Gasteiger partial charge on any atom is 0.112 e. The molecule has 17 heteroatoms. The summed E-state index contributed by atoms with van der Waals surface area (Å²) in [5.74, 6) is 0. The van der Waals surface area contributed by atoms with Gasteiger partial charge in [0.05, 0.1) is 72.8 Å². The summed E-state index contributed by atoms with van der Waals surface area (Å²) in [6, 6.07) is 7.13. The summed E-state index contributed by atoms with van der Waals surface area (Å²) < 4.78 is 19.6. The molecule has 0 saturated carbocycles. The first kappa shape index (κ1) is 69.3. The quantitative estimate of drug-likeness (QED) is 0.289. The first-order valence-corrected chi connectivity index (χ1v) is 32.1. The van der Waals surface area contributed by atoms with Crippen LogP contribution in [0.5, 0.6) is 0 Å². The van der Waals surface area contributed by atoms with Gasteiger partial charge in [-0.2, -0.15) is 0 Å². The highest BCUT2D eigenvalue weighted by Gasteiger charge is 2.37. The van der Waals surface area contributed by atoms with E-state index in [0.717, 1.165) is 45.0 Å². The standard InChI is InChI=1S/C9H21NSi.2C8H21NSi.C6H17NSi.C4H12N2Si.C4H7NSi.C4H13NSi.C2H7NSi/c1-8(2)6-5-7-9(3,4)10(8)11;1-7(2,3)9(10)8(4,5)6;1-5-7(3)9(10)8(4)6-2;1-5(2)7(8)6(3)4;7-6-3-1-5-2-4-6;6-5-3-1-2-4-5;1-3-5(6)4-2;4-3-1-2-3/h5-7H2,1-4,11H3;1-6,10H3;7-8H,5-6H2,1-4,10H3;5-6H,1-4,8H3;5H,1-4H2,7H3;1-4H,6H3;3-4H2,1-2,6H3;1-2H2,4H3. The highest BCUT2D eigenvalue weighted by Crippen LogP contribution is 2.35. The van der Waals surface area contributed by atoms with Crippen LogP contribution in [0.15, 0.2) is 24.5 Å². The number of piperazine rings is 1. The minimum absolute atomic E-state index is 0.338. The van der Waals surface area contributed by atoms with E-state index in [2.05, 4.69) is 192 Å². The Hall–Kier alpha value is 0.695. The van der Waals surface area contributed by atoms with Crippen LogP contribution >= 0.6 is 0 Å². The summed E-state index contributed by atoms with van der Waals surface area (Å²) in [6.07, 6.45) is 10.8. The number of hydrogen-bond donors (Lipinski definition) is 1. The molecule has 3 aliphatic rings. The molecule has 1 aromatic heterocycles. The number of rotatable bonds is 8. The number of nitrogens with zero attached hydrogens (tertiary/aromatic N) is 8. The monoisotopic (exact) mass is 1010 g/mol. The second kappa shape index (κ2) is 36.7. The van der Waals surface area contributed by atoms with E-state index in [4.69, 9.17) is 0 Å². The van der Waals surface area contributed by atoms with Gasteiger partial charge in [0.2, 0.25) is 0 Å². The molecule has 3 fully saturated rings. The van der Waals surface area contributed by atoms with Gasteiger partial charge in [0.15, 0.2) is 0 Å². The van der Waals surface area contributed by atoms with E-state index in [1.807, 2.05) is 12.1 Å². The third kappa shape index (κ3) is 38.8. The van der Waals surface area contributed by atoms with E-state index in [-0.39, 0.29) is 0 Å². The maximum atomic E-state index is 3.30. The fraction of sp³-hybridized carbons (Fsp3) is 0.911. The predicted octanol–water partition coefficient (Wildman–Crippen LogP) is 0.00670. The Labute approximate surface area is 416 Å². The number of nitrogens with one attached hydrogen (secondary N) is 1. The van der Waals surface area contributed by atoms with Crippen molar-refractivity contribution in [2.45, 2.75) is 217 Å². The van der Waals surface area contributed by atoms with Gasteiger partial charge in [-0.3, -0.25) is 0 Å². The van der Waals surface area contributed by atoms with Gasteiger partial charge in [0.25, 0.3) is 0 Å². The Morgan fingerprint density at radius 3 is 1.05 bits per heavy atom. The second-order valence-electron chi connectivity index (χ2n) is 22.2. The molecule has 4 rings (SSSR count). The molecule has 0 aromatic carbocycles. The van der Waals surface area contributed by atoms with Crippen molar-refractivity contribution in [1.29, 1.82) is 0 Å². The van der Waals surface area contributed by atoms with Crippen LogP contribution in [-0.2, 0) is 0 Å². The predicted molar refractivity (Wildman–Crippen MR) is 317 cm³/mol. The highest BCUT2D eigenvalue weighted by atomic mass is 28.2. The molecule has 3 saturated heterocycles. The topological polar surface area (TPSA) is 39.4 Å². The summed E-state index contributed by atoms with van der Waals surface area (Å²) in [6.45, 7) is 55.8. The van der Waals surface area contributed by atoms with Gasteiger partial charge >= 0.3 is 0 Å². The van der Waals surface area contributed by atoms with Gasteiger partial charge in [-0.25, -0.2) is 0 Å². The molecule has 376 valence electrons. The van der Waals surface area contributed by atoms with E-state index in [0.29, 0.717) is 22.2 Å². The third-order valence-electron chi connectivity index (χ3n) is 13.5. The van der Waals surface area contributed by atoms with E-state index < -0.39 is 0 Å². The SMILES string of the molecule is CC(C)(C)N([SiH3])C(C)(C)C.CC(C)N([SiH3])C(C)C.CC1(C)CCCC(C)(C)N1[SiH3].CCC(C)N([SiH3])C(C)CC.CCN([SiH3])CC.[SiH3]N1CC1.[SiH3]N1CCNCC1.[SiH3]n1cccc1. The smallest absolute Gasteiger partial charge is 0.112 e. The Morgan fingerprint density at radius 1 is 0.581 bits per heavy atom. The highest BCUT2D eigenvalue weighted by molar-refractivity contribution is 6.07. The van der Waals surface area contributed by atoms with Gasteiger partial charge in [0.1, 0.15) is 10.4 Å².